The van der Waals surface area contributed by atoms with Crippen LogP contribution in [0.15, 0.2) is 47.1 Å². The zero-order valence-corrected chi connectivity index (χ0v) is 10.3. The van der Waals surface area contributed by atoms with Crippen LogP contribution in [0.2, 0.25) is 0 Å². The summed E-state index contributed by atoms with van der Waals surface area (Å²) in [7, 11) is 1.64. The molecule has 2 N–H and O–H groups in total. The highest BCUT2D eigenvalue weighted by Crippen LogP contribution is 2.15. The van der Waals surface area contributed by atoms with E-state index in [-0.39, 0.29) is 12.6 Å². The molecule has 1 heterocycles. The average Bonchev–Trinajstić information content (AvgIpc) is 2.94. The molecule has 1 aromatic heterocycles. The van der Waals surface area contributed by atoms with Gasteiger partial charge >= 0.3 is 0 Å². The second-order valence-corrected chi connectivity index (χ2v) is 3.98. The molecule has 0 aliphatic rings. The van der Waals surface area contributed by atoms with Gasteiger partial charge in [0.2, 0.25) is 0 Å². The predicted molar refractivity (Wildman–Crippen MR) is 68.4 cm³/mol. The molecule has 18 heavy (non-hydrogen) atoms. The Kier molecular flexibility index (Phi) is 4.39. The fourth-order valence-electron chi connectivity index (χ4n) is 1.73. The van der Waals surface area contributed by atoms with E-state index in [4.69, 9.17) is 9.15 Å². The highest BCUT2D eigenvalue weighted by atomic mass is 16.5. The van der Waals surface area contributed by atoms with E-state index in [1.54, 1.807) is 13.4 Å². The minimum atomic E-state index is -0.179. The Hall–Kier alpha value is -1.78. The third kappa shape index (κ3) is 3.12. The summed E-state index contributed by atoms with van der Waals surface area (Å²) in [6.07, 6.45) is 1.60. The Balaban J connectivity index is 1.93. The lowest BCUT2D eigenvalue weighted by atomic mass is 10.2. The first-order valence-electron chi connectivity index (χ1n) is 5.84. The molecule has 96 valence electrons. The predicted octanol–water partition coefficient (Wildman–Crippen LogP) is 2.11. The lowest BCUT2D eigenvalue weighted by Crippen LogP contribution is -2.23. The summed E-state index contributed by atoms with van der Waals surface area (Å²) < 4.78 is 10.4. The minimum absolute atomic E-state index is 0.00364. The number of aliphatic hydroxyl groups is 1. The van der Waals surface area contributed by atoms with Gasteiger partial charge < -0.3 is 19.6 Å². The summed E-state index contributed by atoms with van der Waals surface area (Å²) in [4.78, 5) is 0. The number of furan rings is 1. The smallest absolute Gasteiger partial charge is 0.123 e. The van der Waals surface area contributed by atoms with E-state index in [0.29, 0.717) is 6.54 Å². The van der Waals surface area contributed by atoms with Crippen molar-refractivity contribution in [2.75, 3.05) is 13.7 Å². The zero-order valence-electron chi connectivity index (χ0n) is 10.3. The Morgan fingerprint density at radius 3 is 2.61 bits per heavy atom. The zero-order chi connectivity index (χ0) is 12.8. The van der Waals surface area contributed by atoms with Crippen molar-refractivity contribution in [2.45, 2.75) is 12.6 Å². The fraction of sp³-hybridized carbons (Fsp3) is 0.286. The molecule has 0 saturated carbocycles. The second kappa shape index (κ2) is 6.23. The topological polar surface area (TPSA) is 54.6 Å². The molecule has 2 rings (SSSR count). The van der Waals surface area contributed by atoms with Crippen molar-refractivity contribution in [1.29, 1.82) is 0 Å². The van der Waals surface area contributed by atoms with Crippen molar-refractivity contribution in [3.8, 4) is 5.75 Å². The molecule has 1 unspecified atom stereocenters. The van der Waals surface area contributed by atoms with Crippen LogP contribution >= 0.6 is 0 Å². The molecule has 4 nitrogen and oxygen atoms in total. The molecule has 0 bridgehead atoms. The SMILES string of the molecule is COc1ccc(CNC(CO)c2ccco2)cc1. The van der Waals surface area contributed by atoms with Crippen molar-refractivity contribution in [3.63, 3.8) is 0 Å². The second-order valence-electron chi connectivity index (χ2n) is 3.98. The first kappa shape index (κ1) is 12.7. The molecule has 0 radical (unpaired) electrons. The molecule has 0 spiro atoms. The maximum atomic E-state index is 9.32. The summed E-state index contributed by atoms with van der Waals surface area (Å²) in [6.45, 7) is 0.666. The average molecular weight is 247 g/mol. The van der Waals surface area contributed by atoms with Gasteiger partial charge in [-0.3, -0.25) is 0 Å². The first-order chi connectivity index (χ1) is 8.83. The summed E-state index contributed by atoms with van der Waals surface area (Å²) in [5.41, 5.74) is 1.13. The van der Waals surface area contributed by atoms with E-state index in [1.165, 1.54) is 0 Å². The highest BCUT2D eigenvalue weighted by molar-refractivity contribution is 5.27. The van der Waals surface area contributed by atoms with Gasteiger partial charge in [-0.2, -0.15) is 0 Å². The van der Waals surface area contributed by atoms with E-state index >= 15 is 0 Å². The van der Waals surface area contributed by atoms with Crippen LogP contribution in [0.3, 0.4) is 0 Å². The van der Waals surface area contributed by atoms with Crippen molar-refractivity contribution in [3.05, 3.63) is 54.0 Å². The van der Waals surface area contributed by atoms with Gasteiger partial charge in [-0.1, -0.05) is 12.1 Å². The first-order valence-corrected chi connectivity index (χ1v) is 5.84. The lowest BCUT2D eigenvalue weighted by Gasteiger charge is -2.14. The monoisotopic (exact) mass is 247 g/mol. The largest absolute Gasteiger partial charge is 0.497 e. The summed E-state index contributed by atoms with van der Waals surface area (Å²) in [5, 5.41) is 12.6. The molecule has 0 fully saturated rings. The third-order valence-electron chi connectivity index (χ3n) is 2.78. The van der Waals surface area contributed by atoms with Crippen LogP contribution in [-0.4, -0.2) is 18.8 Å². The van der Waals surface area contributed by atoms with Gasteiger partial charge in [0.05, 0.1) is 26.0 Å². The number of hydrogen-bond acceptors (Lipinski definition) is 4. The molecular weight excluding hydrogens is 230 g/mol. The molecule has 0 aliphatic heterocycles. The number of benzene rings is 1. The highest BCUT2D eigenvalue weighted by Gasteiger charge is 2.12. The molecule has 0 amide bonds. The van der Waals surface area contributed by atoms with E-state index < -0.39 is 0 Å². The number of methoxy groups -OCH3 is 1. The van der Waals surface area contributed by atoms with E-state index in [9.17, 15) is 5.11 Å². The van der Waals surface area contributed by atoms with Crippen molar-refractivity contribution in [1.82, 2.24) is 5.32 Å². The Bertz CT molecular complexity index is 450. The van der Waals surface area contributed by atoms with Crippen LogP contribution in [0.4, 0.5) is 0 Å². The summed E-state index contributed by atoms with van der Waals surface area (Å²) >= 11 is 0. The maximum absolute atomic E-state index is 9.32. The van der Waals surface area contributed by atoms with Crippen molar-refractivity contribution in [2.24, 2.45) is 0 Å². The molecular formula is C14H17NO3. The summed E-state index contributed by atoms with van der Waals surface area (Å²) in [5.74, 6) is 1.58. The quantitative estimate of drug-likeness (QED) is 0.821. The van der Waals surface area contributed by atoms with Gasteiger partial charge in [0.15, 0.2) is 0 Å². The number of ether oxygens (including phenoxy) is 1. The number of rotatable bonds is 6. The van der Waals surface area contributed by atoms with Gasteiger partial charge in [0, 0.05) is 6.54 Å². The Morgan fingerprint density at radius 2 is 2.06 bits per heavy atom. The molecule has 0 aliphatic carbocycles. The molecule has 4 heteroatoms. The Morgan fingerprint density at radius 1 is 1.28 bits per heavy atom. The van der Waals surface area contributed by atoms with Gasteiger partial charge in [0.25, 0.3) is 0 Å². The number of aliphatic hydroxyl groups excluding tert-OH is 1. The number of hydrogen-bond donors (Lipinski definition) is 2. The van der Waals surface area contributed by atoms with Crippen LogP contribution in [0.25, 0.3) is 0 Å². The number of nitrogens with one attached hydrogen (secondary N) is 1. The van der Waals surface area contributed by atoms with Crippen LogP contribution in [0.5, 0.6) is 5.75 Å². The lowest BCUT2D eigenvalue weighted by molar-refractivity contribution is 0.225. The van der Waals surface area contributed by atoms with Crippen molar-refractivity contribution >= 4 is 0 Å². The van der Waals surface area contributed by atoms with Gasteiger partial charge in [0.1, 0.15) is 11.5 Å². The van der Waals surface area contributed by atoms with E-state index in [2.05, 4.69) is 5.32 Å². The van der Waals surface area contributed by atoms with Crippen molar-refractivity contribution < 1.29 is 14.3 Å². The fourth-order valence-corrected chi connectivity index (χ4v) is 1.73. The normalized spacial score (nSPS) is 12.3. The Labute approximate surface area is 106 Å². The van der Waals surface area contributed by atoms with Crippen LogP contribution in [0, 0.1) is 0 Å². The van der Waals surface area contributed by atoms with E-state index in [0.717, 1.165) is 17.1 Å². The van der Waals surface area contributed by atoms with Gasteiger partial charge in [-0.05, 0) is 29.8 Å². The molecule has 1 aromatic carbocycles. The molecule has 0 saturated heterocycles. The van der Waals surface area contributed by atoms with Crippen LogP contribution in [-0.2, 0) is 6.54 Å². The van der Waals surface area contributed by atoms with Crippen LogP contribution in [0.1, 0.15) is 17.4 Å². The summed E-state index contributed by atoms with van der Waals surface area (Å²) in [6, 6.07) is 11.3. The third-order valence-corrected chi connectivity index (χ3v) is 2.78. The van der Waals surface area contributed by atoms with E-state index in [1.807, 2.05) is 36.4 Å². The van der Waals surface area contributed by atoms with Gasteiger partial charge in [-0.25, -0.2) is 0 Å². The molecule has 1 atom stereocenters. The van der Waals surface area contributed by atoms with Crippen LogP contribution < -0.4 is 10.1 Å². The standard InChI is InChI=1S/C14H17NO3/c1-17-12-6-4-11(5-7-12)9-15-13(10-16)14-3-2-8-18-14/h2-8,13,15-16H,9-10H2,1H3. The minimum Gasteiger partial charge on any atom is -0.497 e. The molecule has 2 aromatic rings. The maximum Gasteiger partial charge on any atom is 0.123 e. The van der Waals surface area contributed by atoms with Gasteiger partial charge in [-0.15, -0.1) is 0 Å².